The summed E-state index contributed by atoms with van der Waals surface area (Å²) in [7, 11) is 0. The quantitative estimate of drug-likeness (QED) is 0.170. The summed E-state index contributed by atoms with van der Waals surface area (Å²) in [4.78, 5) is 50.3. The molecule has 0 saturated heterocycles. The topological polar surface area (TPSA) is 104 Å². The summed E-state index contributed by atoms with van der Waals surface area (Å²) in [6, 6.07) is 6.47. The van der Waals surface area contributed by atoms with Crippen LogP contribution in [0.3, 0.4) is 0 Å². The first-order valence-corrected chi connectivity index (χ1v) is 12.8. The van der Waals surface area contributed by atoms with Crippen LogP contribution < -0.4 is 16.0 Å². The lowest BCUT2D eigenvalue weighted by Gasteiger charge is -2.27. The number of amides is 3. The number of rotatable bonds is 11. The number of nitrogens with one attached hydrogen (secondary N) is 3. The van der Waals surface area contributed by atoms with Crippen molar-refractivity contribution in [3.05, 3.63) is 74.7 Å². The largest absolute Gasteiger partial charge is 0.405 e. The highest BCUT2D eigenvalue weighted by atomic mass is 35.5. The minimum absolute atomic E-state index is 0.146. The summed E-state index contributed by atoms with van der Waals surface area (Å²) in [5.41, 5.74) is 0.631. The summed E-state index contributed by atoms with van der Waals surface area (Å²) >= 11 is 17.7. The molecule has 3 amide bonds. The summed E-state index contributed by atoms with van der Waals surface area (Å²) in [5, 5.41) is 6.22. The number of benzene rings is 2. The van der Waals surface area contributed by atoms with Gasteiger partial charge in [0.1, 0.15) is 12.6 Å². The van der Waals surface area contributed by atoms with Crippen molar-refractivity contribution in [1.29, 1.82) is 0 Å². The standard InChI is InChI=1S/C26H23Cl3F5N3O4/c1-13(2)20(22(39)26(33,34)24(41)35-12-25(30,31)32)37-23(40)21(15-5-7-16(27)8-6-15)36-19(38)10-4-14-3-9-17(28)18(29)11-14/h3-11,13,20-21H,12H2,1-2H3,(H,35,41)(H,36,38)(H,37,40). The summed E-state index contributed by atoms with van der Waals surface area (Å²) in [6.07, 6.45) is -2.59. The van der Waals surface area contributed by atoms with Gasteiger partial charge in [-0.1, -0.05) is 66.8 Å². The Morgan fingerprint density at radius 3 is 2.02 bits per heavy atom. The number of alkyl halides is 5. The summed E-state index contributed by atoms with van der Waals surface area (Å²) in [6.45, 7) is 0.443. The minimum Gasteiger partial charge on any atom is -0.344 e. The molecule has 0 fully saturated rings. The number of Topliss-reactive ketones (excluding diaryl/α,β-unsaturated/α-hetero) is 1. The fourth-order valence-corrected chi connectivity index (χ4v) is 3.74. The molecule has 7 nitrogen and oxygen atoms in total. The molecule has 41 heavy (non-hydrogen) atoms. The van der Waals surface area contributed by atoms with Gasteiger partial charge in [0.15, 0.2) is 0 Å². The zero-order chi connectivity index (χ0) is 31.1. The van der Waals surface area contributed by atoms with Gasteiger partial charge in [-0.15, -0.1) is 0 Å². The molecule has 15 heteroatoms. The van der Waals surface area contributed by atoms with Crippen molar-refractivity contribution in [3.8, 4) is 0 Å². The summed E-state index contributed by atoms with van der Waals surface area (Å²) in [5.74, 6) is -12.5. The van der Waals surface area contributed by atoms with Crippen LogP contribution in [-0.4, -0.2) is 48.2 Å². The van der Waals surface area contributed by atoms with Crippen molar-refractivity contribution in [1.82, 2.24) is 16.0 Å². The molecule has 0 spiro atoms. The lowest BCUT2D eigenvalue weighted by Crippen LogP contribution is -2.58. The monoisotopic (exact) mass is 641 g/mol. The van der Waals surface area contributed by atoms with Gasteiger partial charge in [0.25, 0.3) is 5.91 Å². The van der Waals surface area contributed by atoms with Crippen LogP contribution in [0.1, 0.15) is 31.0 Å². The second kappa shape index (κ2) is 14.1. The molecule has 222 valence electrons. The van der Waals surface area contributed by atoms with Crippen LogP contribution in [0.2, 0.25) is 15.1 Å². The highest BCUT2D eigenvalue weighted by Gasteiger charge is 2.52. The van der Waals surface area contributed by atoms with E-state index < -0.39 is 60.1 Å². The Morgan fingerprint density at radius 1 is 0.878 bits per heavy atom. The molecular weight excluding hydrogens is 620 g/mol. The Hall–Kier alpha value is -3.22. The van der Waals surface area contributed by atoms with Crippen LogP contribution in [0.25, 0.3) is 6.08 Å². The fraction of sp³-hybridized carbons (Fsp3) is 0.308. The number of halogens is 8. The predicted molar refractivity (Wildman–Crippen MR) is 144 cm³/mol. The van der Waals surface area contributed by atoms with Crippen molar-refractivity contribution >= 4 is 64.4 Å². The number of ketones is 1. The lowest BCUT2D eigenvalue weighted by atomic mass is 9.94. The van der Waals surface area contributed by atoms with Crippen molar-refractivity contribution < 1.29 is 41.1 Å². The number of hydrogen-bond donors (Lipinski definition) is 3. The molecule has 0 aromatic heterocycles. The van der Waals surface area contributed by atoms with E-state index in [1.54, 1.807) is 6.07 Å². The van der Waals surface area contributed by atoms with Gasteiger partial charge in [0.2, 0.25) is 17.6 Å². The second-order valence-corrected chi connectivity index (χ2v) is 10.2. The molecule has 2 aromatic rings. The number of hydrogen-bond acceptors (Lipinski definition) is 4. The molecule has 2 aromatic carbocycles. The molecule has 0 heterocycles. The third-order valence-corrected chi connectivity index (χ3v) is 6.40. The van der Waals surface area contributed by atoms with E-state index in [9.17, 15) is 41.1 Å². The van der Waals surface area contributed by atoms with E-state index in [0.717, 1.165) is 11.4 Å². The molecule has 0 aliphatic rings. The predicted octanol–water partition coefficient (Wildman–Crippen LogP) is 5.54. The number of carbonyl (C=O) groups is 4. The normalized spacial score (nSPS) is 13.5. The van der Waals surface area contributed by atoms with Gasteiger partial charge in [0.05, 0.1) is 16.1 Å². The average Bonchev–Trinajstić information content (AvgIpc) is 2.89. The zero-order valence-corrected chi connectivity index (χ0v) is 23.6. The van der Waals surface area contributed by atoms with Gasteiger partial charge in [-0.2, -0.15) is 22.0 Å². The molecule has 2 unspecified atom stereocenters. The van der Waals surface area contributed by atoms with Crippen LogP contribution in [0.15, 0.2) is 48.5 Å². The Kier molecular flexibility index (Phi) is 11.7. The van der Waals surface area contributed by atoms with E-state index >= 15 is 0 Å². The van der Waals surface area contributed by atoms with Crippen LogP contribution in [0.4, 0.5) is 22.0 Å². The second-order valence-electron chi connectivity index (χ2n) is 8.97. The highest BCUT2D eigenvalue weighted by molar-refractivity contribution is 6.42. The maximum atomic E-state index is 14.5. The average molecular weight is 643 g/mol. The van der Waals surface area contributed by atoms with Crippen LogP contribution in [0, 0.1) is 5.92 Å². The molecule has 3 N–H and O–H groups in total. The summed E-state index contributed by atoms with van der Waals surface area (Å²) < 4.78 is 66.2. The maximum absolute atomic E-state index is 14.5. The Morgan fingerprint density at radius 2 is 1.49 bits per heavy atom. The van der Waals surface area contributed by atoms with Crippen molar-refractivity contribution in [2.24, 2.45) is 5.92 Å². The van der Waals surface area contributed by atoms with E-state index in [4.69, 9.17) is 34.8 Å². The van der Waals surface area contributed by atoms with Gasteiger partial charge >= 0.3 is 12.1 Å². The van der Waals surface area contributed by atoms with Crippen LogP contribution in [0.5, 0.6) is 0 Å². The Balaban J connectivity index is 2.30. The van der Waals surface area contributed by atoms with Crippen molar-refractivity contribution in [2.45, 2.75) is 38.0 Å². The first-order valence-electron chi connectivity index (χ1n) is 11.7. The van der Waals surface area contributed by atoms with Gasteiger partial charge in [-0.25, -0.2) is 0 Å². The van der Waals surface area contributed by atoms with Gasteiger partial charge < -0.3 is 16.0 Å². The van der Waals surface area contributed by atoms with Crippen LogP contribution >= 0.6 is 34.8 Å². The van der Waals surface area contributed by atoms with Gasteiger partial charge in [0, 0.05) is 11.1 Å². The van der Waals surface area contributed by atoms with E-state index in [0.29, 0.717) is 5.56 Å². The first kappa shape index (κ1) is 34.0. The molecule has 0 aliphatic carbocycles. The number of carbonyl (C=O) groups excluding carboxylic acids is 4. The molecule has 0 saturated carbocycles. The van der Waals surface area contributed by atoms with E-state index in [-0.39, 0.29) is 20.6 Å². The van der Waals surface area contributed by atoms with Crippen LogP contribution in [-0.2, 0) is 19.2 Å². The van der Waals surface area contributed by atoms with Gasteiger partial charge in [-0.05, 0) is 47.4 Å². The Labute approximate surface area is 246 Å². The third-order valence-electron chi connectivity index (χ3n) is 5.41. The van der Waals surface area contributed by atoms with E-state index in [1.165, 1.54) is 56.3 Å². The SMILES string of the molecule is CC(C)C(NC(=O)C(NC(=O)C=Cc1ccc(Cl)c(Cl)c1)c1ccc(Cl)cc1)C(=O)C(F)(F)C(=O)NCC(F)(F)F. The third kappa shape index (κ3) is 9.98. The molecule has 0 bridgehead atoms. The maximum Gasteiger partial charge on any atom is 0.405 e. The van der Waals surface area contributed by atoms with Crippen molar-refractivity contribution in [2.75, 3.05) is 6.54 Å². The lowest BCUT2D eigenvalue weighted by molar-refractivity contribution is -0.165. The molecule has 2 rings (SSSR count). The zero-order valence-electron chi connectivity index (χ0n) is 21.3. The molecule has 0 radical (unpaired) electrons. The first-order chi connectivity index (χ1) is 18.9. The smallest absolute Gasteiger partial charge is 0.344 e. The minimum atomic E-state index is -5.00. The van der Waals surface area contributed by atoms with E-state index in [2.05, 4.69) is 10.6 Å². The Bertz CT molecular complexity index is 1320. The molecular formula is C26H23Cl3F5N3O4. The highest BCUT2D eigenvalue weighted by Crippen LogP contribution is 2.25. The molecule has 2 atom stereocenters. The van der Waals surface area contributed by atoms with Gasteiger partial charge in [-0.3, -0.25) is 19.2 Å². The molecule has 0 aliphatic heterocycles. The van der Waals surface area contributed by atoms with Crippen molar-refractivity contribution in [3.63, 3.8) is 0 Å². The van der Waals surface area contributed by atoms with E-state index in [1.807, 2.05) is 0 Å². The fourth-order valence-electron chi connectivity index (χ4n) is 3.30.